The first-order valence-corrected chi connectivity index (χ1v) is 8.22. The molecule has 116 valence electrons. The Morgan fingerprint density at radius 1 is 1.23 bits per heavy atom. The van der Waals surface area contributed by atoms with Crippen molar-refractivity contribution in [2.75, 3.05) is 36.5 Å². The number of benzene rings is 1. The Hall–Kier alpha value is -1.37. The van der Waals surface area contributed by atoms with Gasteiger partial charge in [0.1, 0.15) is 18.0 Å². The molecule has 0 bridgehead atoms. The molecule has 22 heavy (non-hydrogen) atoms. The van der Waals surface area contributed by atoms with Crippen LogP contribution in [0.1, 0.15) is 5.56 Å². The molecule has 0 saturated carbocycles. The molecule has 0 unspecified atom stereocenters. The van der Waals surface area contributed by atoms with Crippen molar-refractivity contribution in [3.8, 4) is 0 Å². The smallest absolute Gasteiger partial charge is 0.134 e. The summed E-state index contributed by atoms with van der Waals surface area (Å²) in [6, 6.07) is 7.81. The minimum Gasteiger partial charge on any atom is -0.378 e. The highest BCUT2D eigenvalue weighted by Crippen LogP contribution is 2.22. The van der Waals surface area contributed by atoms with E-state index in [-0.39, 0.29) is 0 Å². The summed E-state index contributed by atoms with van der Waals surface area (Å²) >= 11 is 9.63. The Bertz CT molecular complexity index is 649. The van der Waals surface area contributed by atoms with Gasteiger partial charge in [-0.3, -0.25) is 0 Å². The third kappa shape index (κ3) is 3.88. The predicted octanol–water partition coefficient (Wildman–Crippen LogP) is 3.34. The van der Waals surface area contributed by atoms with Crippen LogP contribution in [0.5, 0.6) is 0 Å². The largest absolute Gasteiger partial charge is 0.378 e. The molecule has 0 spiro atoms. The molecule has 0 aliphatic carbocycles. The molecule has 1 aromatic heterocycles. The quantitative estimate of drug-likeness (QED) is 0.877. The monoisotopic (exact) mass is 382 g/mol. The van der Waals surface area contributed by atoms with Crippen LogP contribution in [0.3, 0.4) is 0 Å². The van der Waals surface area contributed by atoms with Crippen molar-refractivity contribution in [1.29, 1.82) is 0 Å². The number of anilines is 2. The lowest BCUT2D eigenvalue weighted by molar-refractivity contribution is 0.122. The summed E-state index contributed by atoms with van der Waals surface area (Å²) in [5.41, 5.74) is 1.02. The molecule has 0 amide bonds. The number of rotatable bonds is 4. The molecule has 7 heteroatoms. The number of nitrogens with one attached hydrogen (secondary N) is 1. The van der Waals surface area contributed by atoms with Crippen molar-refractivity contribution in [2.24, 2.45) is 0 Å². The Morgan fingerprint density at radius 3 is 2.82 bits per heavy atom. The van der Waals surface area contributed by atoms with Gasteiger partial charge in [-0.2, -0.15) is 0 Å². The van der Waals surface area contributed by atoms with E-state index in [9.17, 15) is 0 Å². The van der Waals surface area contributed by atoms with Gasteiger partial charge < -0.3 is 15.0 Å². The van der Waals surface area contributed by atoms with Gasteiger partial charge in [0, 0.05) is 35.2 Å². The van der Waals surface area contributed by atoms with E-state index in [4.69, 9.17) is 16.3 Å². The van der Waals surface area contributed by atoms with Crippen molar-refractivity contribution in [2.45, 2.75) is 6.54 Å². The second kappa shape index (κ2) is 7.26. The van der Waals surface area contributed by atoms with Crippen LogP contribution < -0.4 is 10.2 Å². The zero-order valence-corrected chi connectivity index (χ0v) is 14.3. The maximum atomic E-state index is 6.22. The molecule has 1 aromatic carbocycles. The van der Waals surface area contributed by atoms with Crippen molar-refractivity contribution in [1.82, 2.24) is 9.97 Å². The number of ether oxygens (including phenoxy) is 1. The molecular weight excluding hydrogens is 368 g/mol. The van der Waals surface area contributed by atoms with E-state index in [1.54, 1.807) is 6.33 Å². The number of aromatic nitrogens is 2. The van der Waals surface area contributed by atoms with E-state index in [0.717, 1.165) is 53.0 Å². The first-order chi connectivity index (χ1) is 10.7. The number of hydrogen-bond donors (Lipinski definition) is 1. The number of nitrogens with zero attached hydrogens (tertiary/aromatic N) is 3. The first-order valence-electron chi connectivity index (χ1n) is 7.05. The van der Waals surface area contributed by atoms with E-state index in [2.05, 4.69) is 36.1 Å². The second-order valence-electron chi connectivity index (χ2n) is 4.95. The first kappa shape index (κ1) is 15.5. The van der Waals surface area contributed by atoms with Crippen LogP contribution in [0.4, 0.5) is 11.6 Å². The van der Waals surface area contributed by atoms with Crippen molar-refractivity contribution in [3.05, 3.63) is 45.7 Å². The Labute approximate surface area is 142 Å². The molecule has 0 radical (unpaired) electrons. The maximum absolute atomic E-state index is 6.22. The lowest BCUT2D eigenvalue weighted by Gasteiger charge is -2.27. The zero-order valence-electron chi connectivity index (χ0n) is 11.9. The van der Waals surface area contributed by atoms with E-state index >= 15 is 0 Å². The van der Waals surface area contributed by atoms with Gasteiger partial charge >= 0.3 is 0 Å². The lowest BCUT2D eigenvalue weighted by atomic mass is 10.2. The average molecular weight is 384 g/mol. The molecule has 5 nitrogen and oxygen atoms in total. The van der Waals surface area contributed by atoms with Gasteiger partial charge in [0.05, 0.1) is 13.2 Å². The van der Waals surface area contributed by atoms with Crippen LogP contribution in [0.2, 0.25) is 5.02 Å². The Balaban J connectivity index is 1.67. The Morgan fingerprint density at radius 2 is 2.05 bits per heavy atom. The van der Waals surface area contributed by atoms with Crippen LogP contribution in [-0.4, -0.2) is 36.3 Å². The SMILES string of the molecule is Clc1cc(Br)ccc1CNc1cc(N2CCOCC2)ncn1. The van der Waals surface area contributed by atoms with Crippen LogP contribution in [0, 0.1) is 0 Å². The molecule has 2 heterocycles. The highest BCUT2D eigenvalue weighted by atomic mass is 79.9. The topological polar surface area (TPSA) is 50.3 Å². The maximum Gasteiger partial charge on any atom is 0.134 e. The Kier molecular flexibility index (Phi) is 5.12. The van der Waals surface area contributed by atoms with Gasteiger partial charge in [0.2, 0.25) is 0 Å². The summed E-state index contributed by atoms with van der Waals surface area (Å²) in [7, 11) is 0. The van der Waals surface area contributed by atoms with Crippen LogP contribution in [-0.2, 0) is 11.3 Å². The van der Waals surface area contributed by atoms with Gasteiger partial charge in [-0.15, -0.1) is 0 Å². The van der Waals surface area contributed by atoms with Gasteiger partial charge in [-0.05, 0) is 17.7 Å². The average Bonchev–Trinajstić information content (AvgIpc) is 2.55. The minimum atomic E-state index is 0.617. The van der Waals surface area contributed by atoms with Crippen molar-refractivity contribution >= 4 is 39.2 Å². The summed E-state index contributed by atoms with van der Waals surface area (Å²) < 4.78 is 6.33. The molecule has 2 aromatic rings. The summed E-state index contributed by atoms with van der Waals surface area (Å²) in [6.07, 6.45) is 1.58. The van der Waals surface area contributed by atoms with E-state index in [0.29, 0.717) is 6.54 Å². The molecule has 1 aliphatic heterocycles. The number of morpholine rings is 1. The van der Waals surface area contributed by atoms with Crippen LogP contribution >= 0.6 is 27.5 Å². The van der Waals surface area contributed by atoms with E-state index in [1.807, 2.05) is 24.3 Å². The summed E-state index contributed by atoms with van der Waals surface area (Å²) in [6.45, 7) is 3.80. The number of hydrogen-bond acceptors (Lipinski definition) is 5. The molecule has 3 rings (SSSR count). The fraction of sp³-hybridized carbons (Fsp3) is 0.333. The lowest BCUT2D eigenvalue weighted by Crippen LogP contribution is -2.36. The molecular formula is C15H16BrClN4O. The molecule has 1 fully saturated rings. The third-order valence-corrected chi connectivity index (χ3v) is 4.31. The van der Waals surface area contributed by atoms with Crippen LogP contribution in [0.25, 0.3) is 0 Å². The third-order valence-electron chi connectivity index (χ3n) is 3.46. The standard InChI is InChI=1S/C15H16BrClN4O/c16-12-2-1-11(13(17)7-12)9-18-14-8-15(20-10-19-14)21-3-5-22-6-4-21/h1-2,7-8,10H,3-6,9H2,(H,18,19,20). The van der Waals surface area contributed by atoms with Gasteiger partial charge in [-0.1, -0.05) is 33.6 Å². The summed E-state index contributed by atoms with van der Waals surface area (Å²) in [5.74, 6) is 1.71. The van der Waals surface area contributed by atoms with Crippen molar-refractivity contribution < 1.29 is 4.74 Å². The predicted molar refractivity (Wildman–Crippen MR) is 91.5 cm³/mol. The summed E-state index contributed by atoms with van der Waals surface area (Å²) in [4.78, 5) is 10.8. The van der Waals surface area contributed by atoms with Gasteiger partial charge in [-0.25, -0.2) is 9.97 Å². The van der Waals surface area contributed by atoms with E-state index in [1.165, 1.54) is 0 Å². The summed E-state index contributed by atoms with van der Waals surface area (Å²) in [5, 5.41) is 4.02. The number of halogens is 2. The fourth-order valence-electron chi connectivity index (χ4n) is 2.26. The normalized spacial score (nSPS) is 14.9. The zero-order chi connectivity index (χ0) is 15.4. The van der Waals surface area contributed by atoms with Crippen molar-refractivity contribution in [3.63, 3.8) is 0 Å². The minimum absolute atomic E-state index is 0.617. The second-order valence-corrected chi connectivity index (χ2v) is 6.27. The molecule has 1 N–H and O–H groups in total. The highest BCUT2D eigenvalue weighted by Gasteiger charge is 2.13. The fourth-order valence-corrected chi connectivity index (χ4v) is 3.00. The molecule has 1 saturated heterocycles. The van der Waals surface area contributed by atoms with Gasteiger partial charge in [0.15, 0.2) is 0 Å². The van der Waals surface area contributed by atoms with Crippen LogP contribution in [0.15, 0.2) is 35.1 Å². The van der Waals surface area contributed by atoms with Gasteiger partial charge in [0.25, 0.3) is 0 Å². The molecule has 0 atom stereocenters. The highest BCUT2D eigenvalue weighted by molar-refractivity contribution is 9.10. The molecule has 1 aliphatic rings. The van der Waals surface area contributed by atoms with E-state index < -0.39 is 0 Å².